The van der Waals surface area contributed by atoms with Gasteiger partial charge < -0.3 is 5.73 Å². The minimum atomic E-state index is -0.332. The van der Waals surface area contributed by atoms with Gasteiger partial charge in [-0.05, 0) is 22.9 Å². The van der Waals surface area contributed by atoms with E-state index in [9.17, 15) is 10.1 Å². The van der Waals surface area contributed by atoms with E-state index in [0.717, 1.165) is 9.75 Å². The maximum atomic E-state index is 12.6. The molecule has 0 aliphatic carbocycles. The number of carbonyl (C=O) groups excluding carboxylic acids is 1. The number of nitriles is 1. The number of nitrogens with two attached hydrogens (primary N) is 1. The zero-order valence-electron chi connectivity index (χ0n) is 10.3. The molecule has 1 aliphatic heterocycles. The molecule has 6 heteroatoms. The van der Waals surface area contributed by atoms with E-state index in [2.05, 4.69) is 6.07 Å². The van der Waals surface area contributed by atoms with E-state index in [1.165, 1.54) is 23.1 Å². The van der Waals surface area contributed by atoms with E-state index in [0.29, 0.717) is 10.6 Å². The third-order valence-corrected chi connectivity index (χ3v) is 6.18. The molecule has 0 spiro atoms. The Bertz CT molecular complexity index is 695. The van der Waals surface area contributed by atoms with E-state index in [1.807, 2.05) is 35.0 Å². The summed E-state index contributed by atoms with van der Waals surface area (Å²) in [6.45, 7) is 0. The van der Waals surface area contributed by atoms with Crippen molar-refractivity contribution in [2.24, 2.45) is 5.73 Å². The predicted molar refractivity (Wildman–Crippen MR) is 83.9 cm³/mol. The number of ketones is 1. The van der Waals surface area contributed by atoms with Gasteiger partial charge in [0, 0.05) is 4.88 Å². The van der Waals surface area contributed by atoms with Crippen molar-refractivity contribution in [3.05, 3.63) is 55.4 Å². The fraction of sp³-hybridized carbons (Fsp3) is 0.143. The van der Waals surface area contributed by atoms with E-state index in [1.54, 1.807) is 11.3 Å². The van der Waals surface area contributed by atoms with Gasteiger partial charge >= 0.3 is 0 Å². The van der Waals surface area contributed by atoms with Gasteiger partial charge in [0.25, 0.3) is 0 Å². The SMILES string of the molecule is N#CC1=C(N)S[C@H](C(=O)c2cccs2)[C@H]1c1cccs1. The molecule has 0 saturated heterocycles. The second-order valence-electron chi connectivity index (χ2n) is 4.26. The lowest BCUT2D eigenvalue weighted by Gasteiger charge is -2.16. The van der Waals surface area contributed by atoms with Crippen LogP contribution in [-0.2, 0) is 0 Å². The minimum absolute atomic E-state index is 0.0524. The first kappa shape index (κ1) is 13.4. The monoisotopic (exact) mass is 318 g/mol. The van der Waals surface area contributed by atoms with Crippen LogP contribution >= 0.6 is 34.4 Å². The molecule has 0 unspecified atom stereocenters. The fourth-order valence-corrected chi connectivity index (χ4v) is 5.18. The lowest BCUT2D eigenvalue weighted by molar-refractivity contribution is 0.0989. The van der Waals surface area contributed by atoms with Crippen molar-refractivity contribution in [3.8, 4) is 6.07 Å². The number of Topliss-reactive ketones (excluding diaryl/α,β-unsaturated/α-hetero) is 1. The Morgan fingerprint density at radius 2 is 2.00 bits per heavy atom. The van der Waals surface area contributed by atoms with Crippen LogP contribution in [0.3, 0.4) is 0 Å². The number of nitrogens with zero attached hydrogens (tertiary/aromatic N) is 1. The second-order valence-corrected chi connectivity index (χ2v) is 7.37. The molecular weight excluding hydrogens is 308 g/mol. The third kappa shape index (κ3) is 2.18. The van der Waals surface area contributed by atoms with Crippen LogP contribution in [0.15, 0.2) is 45.6 Å². The molecule has 3 rings (SSSR count). The summed E-state index contributed by atoms with van der Waals surface area (Å²) in [7, 11) is 0. The Kier molecular flexibility index (Phi) is 3.66. The number of allylic oxidation sites excluding steroid dienone is 1. The molecule has 20 heavy (non-hydrogen) atoms. The van der Waals surface area contributed by atoms with Gasteiger partial charge in [-0.3, -0.25) is 4.79 Å². The van der Waals surface area contributed by atoms with Gasteiger partial charge in [-0.25, -0.2) is 0 Å². The molecule has 0 bridgehead atoms. The van der Waals surface area contributed by atoms with Gasteiger partial charge in [0.1, 0.15) is 0 Å². The molecular formula is C14H10N2OS3. The van der Waals surface area contributed by atoms with E-state index >= 15 is 0 Å². The van der Waals surface area contributed by atoms with E-state index in [4.69, 9.17) is 5.73 Å². The second kappa shape index (κ2) is 5.44. The highest BCUT2D eigenvalue weighted by atomic mass is 32.2. The Morgan fingerprint density at radius 3 is 2.60 bits per heavy atom. The zero-order valence-corrected chi connectivity index (χ0v) is 12.7. The molecule has 100 valence electrons. The standard InChI is InChI=1S/C14H10N2OS3/c15-7-8-11(9-3-1-5-18-9)13(20-14(8)16)12(17)10-4-2-6-19-10/h1-6,11,13H,16H2/t11-,13+/m1/s1. The Labute approximate surface area is 128 Å². The van der Waals surface area contributed by atoms with Gasteiger partial charge in [0.15, 0.2) is 5.78 Å². The average molecular weight is 318 g/mol. The number of thioether (sulfide) groups is 1. The van der Waals surface area contributed by atoms with Crippen molar-refractivity contribution < 1.29 is 4.79 Å². The largest absolute Gasteiger partial charge is 0.393 e. The van der Waals surface area contributed by atoms with E-state index in [-0.39, 0.29) is 17.0 Å². The van der Waals surface area contributed by atoms with Crippen molar-refractivity contribution in [1.82, 2.24) is 0 Å². The third-order valence-electron chi connectivity index (χ3n) is 3.13. The molecule has 0 saturated carbocycles. The van der Waals surface area contributed by atoms with Crippen LogP contribution in [-0.4, -0.2) is 11.0 Å². The summed E-state index contributed by atoms with van der Waals surface area (Å²) in [5.74, 6) is -0.170. The van der Waals surface area contributed by atoms with Crippen LogP contribution in [0.2, 0.25) is 0 Å². The van der Waals surface area contributed by atoms with Crippen LogP contribution in [0.25, 0.3) is 0 Å². The highest BCUT2D eigenvalue weighted by Gasteiger charge is 2.41. The quantitative estimate of drug-likeness (QED) is 0.878. The Balaban J connectivity index is 2.00. The molecule has 1 aliphatic rings. The summed E-state index contributed by atoms with van der Waals surface area (Å²) in [4.78, 5) is 14.4. The molecule has 2 aromatic rings. The Morgan fingerprint density at radius 1 is 1.25 bits per heavy atom. The summed E-state index contributed by atoms with van der Waals surface area (Å²) in [5, 5.41) is 13.3. The van der Waals surface area contributed by atoms with Crippen molar-refractivity contribution in [2.75, 3.05) is 0 Å². The van der Waals surface area contributed by atoms with Gasteiger partial charge in [-0.1, -0.05) is 23.9 Å². The van der Waals surface area contributed by atoms with Gasteiger partial charge in [-0.2, -0.15) is 5.26 Å². The highest BCUT2D eigenvalue weighted by molar-refractivity contribution is 8.04. The van der Waals surface area contributed by atoms with E-state index < -0.39 is 0 Å². The first-order valence-electron chi connectivity index (χ1n) is 5.90. The summed E-state index contributed by atoms with van der Waals surface area (Å²) >= 11 is 4.29. The van der Waals surface area contributed by atoms with Crippen molar-refractivity contribution >= 4 is 40.2 Å². The van der Waals surface area contributed by atoms with Gasteiger partial charge in [0.2, 0.25) is 0 Å². The first-order valence-corrected chi connectivity index (χ1v) is 8.53. The maximum Gasteiger partial charge on any atom is 0.187 e. The lowest BCUT2D eigenvalue weighted by atomic mass is 9.92. The summed E-state index contributed by atoms with van der Waals surface area (Å²) in [6.07, 6.45) is 0. The van der Waals surface area contributed by atoms with Gasteiger partial charge in [0.05, 0.1) is 32.7 Å². The molecule has 2 aromatic heterocycles. The van der Waals surface area contributed by atoms with Crippen LogP contribution < -0.4 is 5.73 Å². The summed E-state index contributed by atoms with van der Waals surface area (Å²) in [5.41, 5.74) is 6.46. The maximum absolute atomic E-state index is 12.6. The molecule has 0 radical (unpaired) electrons. The number of carbonyl (C=O) groups is 1. The normalized spacial score (nSPS) is 21.9. The summed E-state index contributed by atoms with van der Waals surface area (Å²) in [6, 6.07) is 9.74. The summed E-state index contributed by atoms with van der Waals surface area (Å²) < 4.78 is 0. The fourth-order valence-electron chi connectivity index (χ4n) is 2.22. The number of thiophene rings is 2. The molecule has 0 fully saturated rings. The number of rotatable bonds is 3. The topological polar surface area (TPSA) is 66.9 Å². The van der Waals surface area contributed by atoms with Crippen LogP contribution in [0.1, 0.15) is 20.5 Å². The van der Waals surface area contributed by atoms with Crippen molar-refractivity contribution in [1.29, 1.82) is 5.26 Å². The number of hydrogen-bond acceptors (Lipinski definition) is 6. The van der Waals surface area contributed by atoms with Gasteiger partial charge in [-0.15, -0.1) is 22.7 Å². The van der Waals surface area contributed by atoms with Crippen LogP contribution in [0, 0.1) is 11.3 Å². The molecule has 3 heterocycles. The smallest absolute Gasteiger partial charge is 0.187 e. The minimum Gasteiger partial charge on any atom is -0.393 e. The van der Waals surface area contributed by atoms with Crippen LogP contribution in [0.5, 0.6) is 0 Å². The molecule has 0 amide bonds. The highest BCUT2D eigenvalue weighted by Crippen LogP contribution is 2.48. The molecule has 2 atom stereocenters. The number of hydrogen-bond donors (Lipinski definition) is 1. The zero-order chi connectivity index (χ0) is 14.1. The molecule has 3 nitrogen and oxygen atoms in total. The van der Waals surface area contributed by atoms with Crippen LogP contribution in [0.4, 0.5) is 0 Å². The first-order chi connectivity index (χ1) is 9.72. The lowest BCUT2D eigenvalue weighted by Crippen LogP contribution is -2.22. The molecule has 2 N–H and O–H groups in total. The van der Waals surface area contributed by atoms with Crippen molar-refractivity contribution in [2.45, 2.75) is 11.2 Å². The van der Waals surface area contributed by atoms with Crippen molar-refractivity contribution in [3.63, 3.8) is 0 Å². The molecule has 0 aromatic carbocycles. The predicted octanol–water partition coefficient (Wildman–Crippen LogP) is 3.59. The Hall–Kier alpha value is -1.55. The average Bonchev–Trinajstić information content (AvgIpc) is 3.18.